The van der Waals surface area contributed by atoms with Gasteiger partial charge >= 0.3 is 5.97 Å². The summed E-state index contributed by atoms with van der Waals surface area (Å²) in [5.41, 5.74) is 1.40. The van der Waals surface area contributed by atoms with Crippen LogP contribution in [0.4, 0.5) is 0 Å². The summed E-state index contributed by atoms with van der Waals surface area (Å²) < 4.78 is 1.59. The van der Waals surface area contributed by atoms with Gasteiger partial charge in [-0.1, -0.05) is 6.07 Å². The number of carboxylic acid groups (broad SMARTS) is 1. The van der Waals surface area contributed by atoms with Crippen LogP contribution in [0, 0.1) is 6.92 Å². The first-order valence-electron chi connectivity index (χ1n) is 5.30. The van der Waals surface area contributed by atoms with Gasteiger partial charge in [0.15, 0.2) is 5.65 Å². The maximum Gasteiger partial charge on any atom is 0.339 e. The van der Waals surface area contributed by atoms with E-state index in [9.17, 15) is 4.79 Å². The highest BCUT2D eigenvalue weighted by Gasteiger charge is 2.15. The van der Waals surface area contributed by atoms with Crippen LogP contribution in [0.1, 0.15) is 16.2 Å². The number of fused-ring (bicyclic) bond motifs is 1. The summed E-state index contributed by atoms with van der Waals surface area (Å²) in [7, 11) is 0. The summed E-state index contributed by atoms with van der Waals surface area (Å²) in [6.07, 6.45) is 0. The molecule has 0 aliphatic rings. The van der Waals surface area contributed by atoms with E-state index in [4.69, 9.17) is 5.11 Å². The molecule has 0 spiro atoms. The van der Waals surface area contributed by atoms with Gasteiger partial charge in [0.25, 0.3) is 0 Å². The van der Waals surface area contributed by atoms with E-state index >= 15 is 0 Å². The van der Waals surface area contributed by atoms with E-state index in [1.165, 1.54) is 0 Å². The average Bonchev–Trinajstić information content (AvgIpc) is 2.94. The molecule has 0 aliphatic heterocycles. The average molecular weight is 259 g/mol. The van der Waals surface area contributed by atoms with Crippen molar-refractivity contribution >= 4 is 23.0 Å². The van der Waals surface area contributed by atoms with Crippen molar-refractivity contribution in [2.45, 2.75) is 6.92 Å². The quantitative estimate of drug-likeness (QED) is 0.767. The topological polar surface area (TPSA) is 67.5 Å². The predicted octanol–water partition coefficient (Wildman–Crippen LogP) is 2.46. The highest BCUT2D eigenvalue weighted by Crippen LogP contribution is 2.26. The first-order valence-corrected chi connectivity index (χ1v) is 6.18. The fourth-order valence-corrected chi connectivity index (χ4v) is 2.58. The monoisotopic (exact) mass is 259 g/mol. The van der Waals surface area contributed by atoms with E-state index in [2.05, 4.69) is 10.1 Å². The third kappa shape index (κ3) is 1.58. The van der Waals surface area contributed by atoms with E-state index in [1.807, 2.05) is 17.5 Å². The second-order valence-corrected chi connectivity index (χ2v) is 4.76. The number of hydrogen-bond donors (Lipinski definition) is 1. The number of aryl methyl sites for hydroxylation is 1. The first kappa shape index (κ1) is 10.9. The Morgan fingerprint density at radius 1 is 1.39 bits per heavy atom. The van der Waals surface area contributed by atoms with Crippen LogP contribution in [-0.2, 0) is 0 Å². The standard InChI is InChI=1S/C12H9N3O2S/c1-7-13-11-8(12(16)17)4-5-9(15(11)14-7)10-3-2-6-18-10/h2-6H,1H3,(H,16,17). The maximum absolute atomic E-state index is 11.1. The molecule has 3 aromatic heterocycles. The van der Waals surface area contributed by atoms with Crippen molar-refractivity contribution in [2.24, 2.45) is 0 Å². The summed E-state index contributed by atoms with van der Waals surface area (Å²) >= 11 is 1.58. The van der Waals surface area contributed by atoms with E-state index < -0.39 is 5.97 Å². The smallest absolute Gasteiger partial charge is 0.339 e. The van der Waals surface area contributed by atoms with Crippen molar-refractivity contribution in [1.82, 2.24) is 14.6 Å². The highest BCUT2D eigenvalue weighted by atomic mass is 32.1. The van der Waals surface area contributed by atoms with Gasteiger partial charge in [0.1, 0.15) is 11.4 Å². The summed E-state index contributed by atoms with van der Waals surface area (Å²) in [5, 5.41) is 15.4. The van der Waals surface area contributed by atoms with Crippen molar-refractivity contribution < 1.29 is 9.90 Å². The van der Waals surface area contributed by atoms with Crippen molar-refractivity contribution in [3.63, 3.8) is 0 Å². The molecule has 0 radical (unpaired) electrons. The van der Waals surface area contributed by atoms with Gasteiger partial charge in [-0.25, -0.2) is 14.3 Å². The number of nitrogens with zero attached hydrogens (tertiary/aromatic N) is 3. The Morgan fingerprint density at radius 2 is 2.22 bits per heavy atom. The number of aromatic carboxylic acids is 1. The van der Waals surface area contributed by atoms with Crippen molar-refractivity contribution in [1.29, 1.82) is 0 Å². The zero-order valence-corrected chi connectivity index (χ0v) is 10.3. The number of aromatic nitrogens is 3. The van der Waals surface area contributed by atoms with Crippen LogP contribution in [0.3, 0.4) is 0 Å². The Kier molecular flexibility index (Phi) is 2.38. The molecule has 3 heterocycles. The highest BCUT2D eigenvalue weighted by molar-refractivity contribution is 7.13. The maximum atomic E-state index is 11.1. The minimum Gasteiger partial charge on any atom is -0.478 e. The zero-order chi connectivity index (χ0) is 12.7. The number of carboxylic acids is 1. The molecule has 0 saturated carbocycles. The van der Waals surface area contributed by atoms with Crippen LogP contribution < -0.4 is 0 Å². The summed E-state index contributed by atoms with van der Waals surface area (Å²) in [4.78, 5) is 16.4. The number of pyridine rings is 1. The summed E-state index contributed by atoms with van der Waals surface area (Å²) in [6.45, 7) is 1.75. The second kappa shape index (κ2) is 3.92. The van der Waals surface area contributed by atoms with Gasteiger partial charge in [0.05, 0.1) is 10.6 Å². The molecule has 6 heteroatoms. The Balaban J connectivity index is 2.36. The summed E-state index contributed by atoms with van der Waals surface area (Å²) in [6, 6.07) is 7.24. The Bertz CT molecular complexity index is 731. The molecule has 3 aromatic rings. The van der Waals surface area contributed by atoms with Crippen LogP contribution in [-0.4, -0.2) is 25.7 Å². The lowest BCUT2D eigenvalue weighted by atomic mass is 10.2. The molecule has 0 aliphatic carbocycles. The van der Waals surface area contributed by atoms with Crippen LogP contribution >= 0.6 is 11.3 Å². The van der Waals surface area contributed by atoms with E-state index in [0.717, 1.165) is 10.6 Å². The molecule has 0 bridgehead atoms. The van der Waals surface area contributed by atoms with Gasteiger partial charge in [-0.3, -0.25) is 0 Å². The van der Waals surface area contributed by atoms with Crippen molar-refractivity contribution in [3.05, 3.63) is 41.0 Å². The molecule has 0 aromatic carbocycles. The van der Waals surface area contributed by atoms with Gasteiger partial charge in [-0.05, 0) is 30.5 Å². The number of rotatable bonds is 2. The fourth-order valence-electron chi connectivity index (χ4n) is 1.84. The third-order valence-corrected chi connectivity index (χ3v) is 3.49. The molecule has 5 nitrogen and oxygen atoms in total. The van der Waals surface area contributed by atoms with E-state index in [-0.39, 0.29) is 5.56 Å². The Morgan fingerprint density at radius 3 is 2.89 bits per heavy atom. The molecule has 0 unspecified atom stereocenters. The molecule has 18 heavy (non-hydrogen) atoms. The molecule has 0 amide bonds. The molecular weight excluding hydrogens is 250 g/mol. The van der Waals surface area contributed by atoms with Gasteiger partial charge in [0, 0.05) is 0 Å². The first-order chi connectivity index (χ1) is 8.66. The predicted molar refractivity (Wildman–Crippen MR) is 68.0 cm³/mol. The molecule has 0 saturated heterocycles. The Hall–Kier alpha value is -2.21. The van der Waals surface area contributed by atoms with Crippen LogP contribution in [0.25, 0.3) is 16.2 Å². The lowest BCUT2D eigenvalue weighted by Gasteiger charge is -2.03. The molecular formula is C12H9N3O2S. The third-order valence-electron chi connectivity index (χ3n) is 2.59. The van der Waals surface area contributed by atoms with Gasteiger partial charge in [-0.15, -0.1) is 11.3 Å². The van der Waals surface area contributed by atoms with Crippen molar-refractivity contribution in [3.8, 4) is 10.6 Å². The Labute approximate surface area is 106 Å². The van der Waals surface area contributed by atoms with Crippen LogP contribution in [0.15, 0.2) is 29.6 Å². The van der Waals surface area contributed by atoms with Crippen LogP contribution in [0.5, 0.6) is 0 Å². The number of carbonyl (C=O) groups is 1. The van der Waals surface area contributed by atoms with Gasteiger partial charge in [-0.2, -0.15) is 5.10 Å². The molecule has 90 valence electrons. The van der Waals surface area contributed by atoms with Crippen LogP contribution in [0.2, 0.25) is 0 Å². The normalized spacial score (nSPS) is 10.9. The minimum atomic E-state index is -0.995. The van der Waals surface area contributed by atoms with Gasteiger partial charge in [0.2, 0.25) is 0 Å². The largest absolute Gasteiger partial charge is 0.478 e. The van der Waals surface area contributed by atoms with Crippen molar-refractivity contribution in [2.75, 3.05) is 0 Å². The van der Waals surface area contributed by atoms with Gasteiger partial charge < -0.3 is 5.11 Å². The molecule has 1 N–H and O–H groups in total. The number of hydrogen-bond acceptors (Lipinski definition) is 4. The second-order valence-electron chi connectivity index (χ2n) is 3.81. The van der Waals surface area contributed by atoms with E-state index in [0.29, 0.717) is 11.5 Å². The summed E-state index contributed by atoms with van der Waals surface area (Å²) in [5.74, 6) is -0.438. The lowest BCUT2D eigenvalue weighted by molar-refractivity contribution is 0.0698. The molecule has 0 atom stereocenters. The zero-order valence-electron chi connectivity index (χ0n) is 9.49. The molecule has 0 fully saturated rings. The minimum absolute atomic E-state index is 0.163. The lowest BCUT2D eigenvalue weighted by Crippen LogP contribution is -2.03. The SMILES string of the molecule is Cc1nc2c(C(=O)O)ccc(-c3cccs3)n2n1. The fraction of sp³-hybridized carbons (Fsp3) is 0.0833. The van der Waals surface area contributed by atoms with E-state index in [1.54, 1.807) is 34.9 Å². The molecule has 3 rings (SSSR count). The number of thiophene rings is 1.